The average Bonchev–Trinajstić information content (AvgIpc) is 3.20. The highest BCUT2D eigenvalue weighted by Gasteiger charge is 2.14. The minimum absolute atomic E-state index is 0.285. The van der Waals surface area contributed by atoms with Crippen molar-refractivity contribution in [2.24, 2.45) is 0 Å². The van der Waals surface area contributed by atoms with Crippen LogP contribution in [0.4, 0.5) is 0 Å². The summed E-state index contributed by atoms with van der Waals surface area (Å²) in [6.07, 6.45) is 1.08. The van der Waals surface area contributed by atoms with Crippen LogP contribution in [0.3, 0.4) is 0 Å². The number of thiophene rings is 1. The monoisotopic (exact) mass is 406 g/mol. The lowest BCUT2D eigenvalue weighted by Gasteiger charge is -2.23. The summed E-state index contributed by atoms with van der Waals surface area (Å²) in [6.45, 7) is 3.63. The van der Waals surface area contributed by atoms with Crippen LogP contribution in [-0.4, -0.2) is 37.0 Å². The molecule has 0 fully saturated rings. The van der Waals surface area contributed by atoms with Crippen LogP contribution in [0.1, 0.15) is 16.9 Å². The quantitative estimate of drug-likeness (QED) is 0.306. The maximum atomic E-state index is 12.3. The summed E-state index contributed by atoms with van der Waals surface area (Å²) in [4.78, 5) is 18.2. The van der Waals surface area contributed by atoms with Gasteiger partial charge >= 0.3 is 5.63 Å². The number of fused-ring (bicyclic) bond motifs is 3. The normalized spacial score (nSPS) is 11.9. The highest BCUT2D eigenvalue weighted by molar-refractivity contribution is 7.09. The Bertz CT molecular complexity index is 1150. The SMILES string of the molecule is CN(C)CCCN(Cc1cccs1)Cc1cc(=O)oc2ccc3ccccc3c12. The Morgan fingerprint density at radius 2 is 1.83 bits per heavy atom. The van der Waals surface area contributed by atoms with Crippen LogP contribution in [0, 0.1) is 0 Å². The molecule has 0 aliphatic rings. The van der Waals surface area contributed by atoms with Gasteiger partial charge in [-0.3, -0.25) is 4.90 Å². The highest BCUT2D eigenvalue weighted by atomic mass is 32.1. The molecule has 0 unspecified atom stereocenters. The third-order valence-corrected chi connectivity index (χ3v) is 6.01. The Morgan fingerprint density at radius 3 is 2.62 bits per heavy atom. The highest BCUT2D eigenvalue weighted by Crippen LogP contribution is 2.28. The Kier molecular flexibility index (Phi) is 6.09. The predicted molar refractivity (Wildman–Crippen MR) is 122 cm³/mol. The summed E-state index contributed by atoms with van der Waals surface area (Å²) >= 11 is 1.78. The minimum Gasteiger partial charge on any atom is -0.423 e. The van der Waals surface area contributed by atoms with E-state index >= 15 is 0 Å². The molecular formula is C24H26N2O2S. The van der Waals surface area contributed by atoms with E-state index in [4.69, 9.17) is 4.42 Å². The maximum absolute atomic E-state index is 12.3. The molecule has 4 nitrogen and oxygen atoms in total. The standard InChI is InChI=1S/C24H26N2O2S/c1-25(2)12-6-13-26(17-20-8-5-14-29-20)16-19-15-23(27)28-22-11-10-18-7-3-4-9-21(18)24(19)22/h3-5,7-11,14-15H,6,12-13,16-17H2,1-2H3. The zero-order valence-corrected chi connectivity index (χ0v) is 17.7. The molecule has 0 spiro atoms. The molecule has 0 radical (unpaired) electrons. The van der Waals surface area contributed by atoms with E-state index in [1.54, 1.807) is 17.4 Å². The van der Waals surface area contributed by atoms with Gasteiger partial charge in [-0.05, 0) is 60.9 Å². The first-order valence-corrected chi connectivity index (χ1v) is 10.8. The third-order valence-electron chi connectivity index (χ3n) is 5.15. The van der Waals surface area contributed by atoms with E-state index in [-0.39, 0.29) is 5.63 Å². The average molecular weight is 407 g/mol. The van der Waals surface area contributed by atoms with Crippen molar-refractivity contribution in [3.63, 3.8) is 0 Å². The molecule has 0 atom stereocenters. The molecule has 4 rings (SSSR count). The van der Waals surface area contributed by atoms with Crippen molar-refractivity contribution in [2.75, 3.05) is 27.2 Å². The van der Waals surface area contributed by atoms with E-state index in [2.05, 4.69) is 53.5 Å². The number of rotatable bonds is 8. The largest absolute Gasteiger partial charge is 0.423 e. The molecule has 0 N–H and O–H groups in total. The van der Waals surface area contributed by atoms with E-state index < -0.39 is 0 Å². The van der Waals surface area contributed by atoms with Crippen molar-refractivity contribution < 1.29 is 4.42 Å². The van der Waals surface area contributed by atoms with Crippen LogP contribution in [-0.2, 0) is 13.1 Å². The molecule has 0 bridgehead atoms. The van der Waals surface area contributed by atoms with E-state index in [0.29, 0.717) is 5.58 Å². The third kappa shape index (κ3) is 4.75. The molecule has 4 aromatic rings. The Balaban J connectivity index is 1.72. The van der Waals surface area contributed by atoms with Crippen LogP contribution in [0.2, 0.25) is 0 Å². The number of hydrogen-bond acceptors (Lipinski definition) is 5. The van der Waals surface area contributed by atoms with Gasteiger partial charge in [0.05, 0.1) is 0 Å². The van der Waals surface area contributed by atoms with Crippen LogP contribution in [0.15, 0.2) is 69.2 Å². The second-order valence-electron chi connectivity index (χ2n) is 7.70. The van der Waals surface area contributed by atoms with Crippen LogP contribution < -0.4 is 5.63 Å². The fraction of sp³-hybridized carbons (Fsp3) is 0.292. The van der Waals surface area contributed by atoms with Crippen molar-refractivity contribution in [1.29, 1.82) is 0 Å². The van der Waals surface area contributed by atoms with Crippen molar-refractivity contribution >= 4 is 33.1 Å². The van der Waals surface area contributed by atoms with Crippen molar-refractivity contribution in [3.8, 4) is 0 Å². The van der Waals surface area contributed by atoms with Gasteiger partial charge in [-0.25, -0.2) is 4.79 Å². The molecule has 0 aliphatic carbocycles. The van der Waals surface area contributed by atoms with Gasteiger partial charge in [-0.1, -0.05) is 36.4 Å². The first-order chi connectivity index (χ1) is 14.1. The fourth-order valence-corrected chi connectivity index (χ4v) is 4.58. The van der Waals surface area contributed by atoms with Crippen LogP contribution in [0.5, 0.6) is 0 Å². The lowest BCUT2D eigenvalue weighted by molar-refractivity contribution is 0.242. The molecule has 5 heteroatoms. The molecule has 150 valence electrons. The first-order valence-electron chi connectivity index (χ1n) is 9.94. The van der Waals surface area contributed by atoms with E-state index in [1.807, 2.05) is 24.3 Å². The molecule has 0 saturated carbocycles. The summed E-state index contributed by atoms with van der Waals surface area (Å²) in [6, 6.07) is 18.2. The molecule has 2 aromatic carbocycles. The first kappa shape index (κ1) is 19.8. The van der Waals surface area contributed by atoms with Gasteiger partial charge in [-0.2, -0.15) is 0 Å². The van der Waals surface area contributed by atoms with Gasteiger partial charge in [0.2, 0.25) is 0 Å². The van der Waals surface area contributed by atoms with Crippen molar-refractivity contribution in [1.82, 2.24) is 9.80 Å². The lowest BCUT2D eigenvalue weighted by Crippen LogP contribution is -2.27. The van der Waals surface area contributed by atoms with Gasteiger partial charge in [0.15, 0.2) is 0 Å². The van der Waals surface area contributed by atoms with Gasteiger partial charge in [0.25, 0.3) is 0 Å². The summed E-state index contributed by atoms with van der Waals surface area (Å²) in [5.41, 5.74) is 1.41. The molecule has 0 aliphatic heterocycles. The zero-order valence-electron chi connectivity index (χ0n) is 16.9. The van der Waals surface area contributed by atoms with Crippen molar-refractivity contribution in [3.05, 3.63) is 80.8 Å². The van der Waals surface area contributed by atoms with Gasteiger partial charge in [0, 0.05) is 36.0 Å². The molecular weight excluding hydrogens is 380 g/mol. The Morgan fingerprint density at radius 1 is 0.966 bits per heavy atom. The Labute approximate surface area is 175 Å². The number of benzene rings is 2. The van der Waals surface area contributed by atoms with Gasteiger partial charge in [0.1, 0.15) is 5.58 Å². The summed E-state index contributed by atoms with van der Waals surface area (Å²) in [7, 11) is 4.21. The van der Waals surface area contributed by atoms with Crippen molar-refractivity contribution in [2.45, 2.75) is 19.5 Å². The topological polar surface area (TPSA) is 36.7 Å². The smallest absolute Gasteiger partial charge is 0.336 e. The predicted octanol–water partition coefficient (Wildman–Crippen LogP) is 4.96. The van der Waals surface area contributed by atoms with E-state index in [9.17, 15) is 4.79 Å². The second kappa shape index (κ2) is 8.91. The molecule has 2 aromatic heterocycles. The van der Waals surface area contributed by atoms with Gasteiger partial charge < -0.3 is 9.32 Å². The van der Waals surface area contributed by atoms with E-state index in [1.165, 1.54) is 4.88 Å². The lowest BCUT2D eigenvalue weighted by atomic mass is 10.0. The van der Waals surface area contributed by atoms with Crippen LogP contribution in [0.25, 0.3) is 21.7 Å². The molecule has 0 saturated heterocycles. The Hall–Kier alpha value is -2.47. The minimum atomic E-state index is -0.285. The number of hydrogen-bond donors (Lipinski definition) is 0. The summed E-state index contributed by atoms with van der Waals surface area (Å²) < 4.78 is 5.53. The fourth-order valence-electron chi connectivity index (χ4n) is 3.83. The molecule has 0 amide bonds. The number of nitrogens with zero attached hydrogens (tertiary/aromatic N) is 2. The maximum Gasteiger partial charge on any atom is 0.336 e. The van der Waals surface area contributed by atoms with E-state index in [0.717, 1.165) is 54.3 Å². The summed E-state index contributed by atoms with van der Waals surface area (Å²) in [5.74, 6) is 0. The molecule has 29 heavy (non-hydrogen) atoms. The van der Waals surface area contributed by atoms with Crippen LogP contribution >= 0.6 is 11.3 Å². The summed E-state index contributed by atoms with van der Waals surface area (Å²) in [5, 5.41) is 5.46. The van der Waals surface area contributed by atoms with Gasteiger partial charge in [-0.15, -0.1) is 11.3 Å². The second-order valence-corrected chi connectivity index (χ2v) is 8.73. The zero-order chi connectivity index (χ0) is 20.2. The molecule has 2 heterocycles.